The molecule has 4 nitrogen and oxygen atoms in total. The highest BCUT2D eigenvalue weighted by Crippen LogP contribution is 2.27. The van der Waals surface area contributed by atoms with Gasteiger partial charge < -0.3 is 10.1 Å². The Morgan fingerprint density at radius 2 is 2.26 bits per heavy atom. The standard InChI is InChI=1S/C12H10BrFN2O2S/c1-6-10(11(17)18-2)16-12(19-6)15-7-3-4-8(13)9(14)5-7/h3-5H,1-2H3,(H,15,16). The fraction of sp³-hybridized carbons (Fsp3) is 0.167. The number of nitrogens with zero attached hydrogens (tertiary/aromatic N) is 1. The van der Waals surface area contributed by atoms with Crippen molar-refractivity contribution in [3.05, 3.63) is 39.1 Å². The number of hydrogen-bond donors (Lipinski definition) is 1. The molecule has 0 spiro atoms. The summed E-state index contributed by atoms with van der Waals surface area (Å²) in [4.78, 5) is 16.3. The number of ether oxygens (including phenoxy) is 1. The van der Waals surface area contributed by atoms with Gasteiger partial charge >= 0.3 is 5.97 Å². The summed E-state index contributed by atoms with van der Waals surface area (Å²) in [6.07, 6.45) is 0. The van der Waals surface area contributed by atoms with E-state index in [0.717, 1.165) is 4.88 Å². The van der Waals surface area contributed by atoms with E-state index in [1.807, 2.05) is 0 Å². The monoisotopic (exact) mass is 344 g/mol. The van der Waals surface area contributed by atoms with Crippen LogP contribution in [0, 0.1) is 12.7 Å². The molecule has 1 aromatic carbocycles. The van der Waals surface area contributed by atoms with Crippen molar-refractivity contribution in [3.63, 3.8) is 0 Å². The Morgan fingerprint density at radius 1 is 1.53 bits per heavy atom. The van der Waals surface area contributed by atoms with Gasteiger partial charge in [-0.1, -0.05) is 0 Å². The number of carbonyl (C=O) groups is 1. The molecule has 1 heterocycles. The molecule has 1 N–H and O–H groups in total. The van der Waals surface area contributed by atoms with Crippen molar-refractivity contribution < 1.29 is 13.9 Å². The van der Waals surface area contributed by atoms with Crippen LogP contribution in [0.5, 0.6) is 0 Å². The van der Waals surface area contributed by atoms with Gasteiger partial charge in [-0.2, -0.15) is 0 Å². The first-order valence-corrected chi connectivity index (χ1v) is 6.90. The zero-order chi connectivity index (χ0) is 14.0. The summed E-state index contributed by atoms with van der Waals surface area (Å²) in [5.74, 6) is -0.852. The van der Waals surface area contributed by atoms with E-state index >= 15 is 0 Å². The van der Waals surface area contributed by atoms with Gasteiger partial charge in [0.1, 0.15) is 5.82 Å². The van der Waals surface area contributed by atoms with E-state index in [0.29, 0.717) is 15.3 Å². The van der Waals surface area contributed by atoms with Crippen LogP contribution < -0.4 is 5.32 Å². The summed E-state index contributed by atoms with van der Waals surface area (Å²) in [5.41, 5.74) is 0.832. The van der Waals surface area contributed by atoms with E-state index in [1.54, 1.807) is 19.1 Å². The van der Waals surface area contributed by atoms with E-state index in [1.165, 1.54) is 24.5 Å². The highest BCUT2D eigenvalue weighted by Gasteiger charge is 2.15. The highest BCUT2D eigenvalue weighted by molar-refractivity contribution is 9.10. The van der Waals surface area contributed by atoms with Crippen LogP contribution in [0.1, 0.15) is 15.4 Å². The lowest BCUT2D eigenvalue weighted by molar-refractivity contribution is 0.0594. The minimum atomic E-state index is -0.483. The zero-order valence-electron chi connectivity index (χ0n) is 10.2. The van der Waals surface area contributed by atoms with Crippen LogP contribution in [0.2, 0.25) is 0 Å². The van der Waals surface area contributed by atoms with Crippen molar-refractivity contribution in [1.82, 2.24) is 4.98 Å². The average molecular weight is 345 g/mol. The van der Waals surface area contributed by atoms with E-state index < -0.39 is 5.97 Å². The van der Waals surface area contributed by atoms with E-state index in [9.17, 15) is 9.18 Å². The molecule has 0 radical (unpaired) electrons. The molecule has 0 aliphatic carbocycles. The molecule has 0 saturated heterocycles. The second kappa shape index (κ2) is 5.66. The minimum Gasteiger partial charge on any atom is -0.464 e. The molecule has 0 aliphatic rings. The zero-order valence-corrected chi connectivity index (χ0v) is 12.6. The molecule has 1 aromatic heterocycles. The number of halogens is 2. The van der Waals surface area contributed by atoms with Crippen LogP contribution >= 0.6 is 27.3 Å². The summed E-state index contributed by atoms with van der Waals surface area (Å²) in [6, 6.07) is 4.65. The van der Waals surface area contributed by atoms with Gasteiger partial charge in [-0.05, 0) is 41.1 Å². The van der Waals surface area contributed by atoms with Gasteiger partial charge in [0.2, 0.25) is 0 Å². The van der Waals surface area contributed by atoms with Gasteiger partial charge in [0.25, 0.3) is 0 Å². The first-order valence-electron chi connectivity index (χ1n) is 5.29. The third-order valence-electron chi connectivity index (χ3n) is 2.35. The third-order valence-corrected chi connectivity index (χ3v) is 3.88. The normalized spacial score (nSPS) is 10.3. The number of nitrogens with one attached hydrogen (secondary N) is 1. The Kier molecular flexibility index (Phi) is 4.16. The van der Waals surface area contributed by atoms with Gasteiger partial charge in [-0.25, -0.2) is 14.2 Å². The van der Waals surface area contributed by atoms with Crippen molar-refractivity contribution in [1.29, 1.82) is 0 Å². The number of anilines is 2. The van der Waals surface area contributed by atoms with E-state index in [4.69, 9.17) is 0 Å². The van der Waals surface area contributed by atoms with Crippen LogP contribution in [-0.4, -0.2) is 18.1 Å². The van der Waals surface area contributed by atoms with Gasteiger partial charge in [0.15, 0.2) is 10.8 Å². The molecule has 19 heavy (non-hydrogen) atoms. The van der Waals surface area contributed by atoms with E-state index in [2.05, 4.69) is 31.0 Å². The van der Waals surface area contributed by atoms with Crippen LogP contribution in [0.3, 0.4) is 0 Å². The number of benzene rings is 1. The maximum atomic E-state index is 13.4. The Balaban J connectivity index is 2.24. The molecular formula is C12H10BrFN2O2S. The molecule has 2 aromatic rings. The van der Waals surface area contributed by atoms with Crippen molar-refractivity contribution in [3.8, 4) is 0 Å². The molecule has 0 amide bonds. The quantitative estimate of drug-likeness (QED) is 0.858. The van der Waals surface area contributed by atoms with Gasteiger partial charge in [-0.3, -0.25) is 0 Å². The van der Waals surface area contributed by atoms with Crippen LogP contribution in [0.25, 0.3) is 0 Å². The summed E-state index contributed by atoms with van der Waals surface area (Å²) >= 11 is 4.39. The summed E-state index contributed by atoms with van der Waals surface area (Å²) in [6.45, 7) is 1.78. The van der Waals surface area contributed by atoms with Gasteiger partial charge in [0.05, 0.1) is 11.6 Å². The van der Waals surface area contributed by atoms with Crippen molar-refractivity contribution in [2.45, 2.75) is 6.92 Å². The number of methoxy groups -OCH3 is 1. The predicted molar refractivity (Wildman–Crippen MR) is 75.6 cm³/mol. The topological polar surface area (TPSA) is 51.2 Å². The number of esters is 1. The molecule has 0 saturated carbocycles. The smallest absolute Gasteiger partial charge is 0.357 e. The maximum Gasteiger partial charge on any atom is 0.357 e. The van der Waals surface area contributed by atoms with Crippen molar-refractivity contribution in [2.24, 2.45) is 0 Å². The first-order chi connectivity index (χ1) is 9.01. The number of rotatable bonds is 3. The van der Waals surface area contributed by atoms with Crippen LogP contribution in [0.4, 0.5) is 15.2 Å². The number of thiazole rings is 1. The molecule has 0 atom stereocenters. The Morgan fingerprint density at radius 3 is 2.89 bits per heavy atom. The molecule has 0 fully saturated rings. The lowest BCUT2D eigenvalue weighted by atomic mass is 10.3. The van der Waals surface area contributed by atoms with Crippen LogP contribution in [0.15, 0.2) is 22.7 Å². The third kappa shape index (κ3) is 3.10. The lowest BCUT2D eigenvalue weighted by Gasteiger charge is -2.03. The summed E-state index contributed by atoms with van der Waals surface area (Å²) in [5, 5.41) is 3.46. The van der Waals surface area contributed by atoms with Crippen molar-refractivity contribution in [2.75, 3.05) is 12.4 Å². The lowest BCUT2D eigenvalue weighted by Crippen LogP contribution is -2.03. The molecule has 0 aliphatic heterocycles. The highest BCUT2D eigenvalue weighted by atomic mass is 79.9. The van der Waals surface area contributed by atoms with E-state index in [-0.39, 0.29) is 11.5 Å². The average Bonchev–Trinajstić information content (AvgIpc) is 2.74. The summed E-state index contributed by atoms with van der Waals surface area (Å²) < 4.78 is 18.4. The number of aryl methyl sites for hydroxylation is 1. The first kappa shape index (κ1) is 14.0. The number of hydrogen-bond acceptors (Lipinski definition) is 5. The molecule has 0 bridgehead atoms. The fourth-order valence-electron chi connectivity index (χ4n) is 1.43. The second-order valence-electron chi connectivity index (χ2n) is 3.67. The molecular weight excluding hydrogens is 335 g/mol. The minimum absolute atomic E-state index is 0.271. The van der Waals surface area contributed by atoms with Crippen LogP contribution in [-0.2, 0) is 4.74 Å². The Hall–Kier alpha value is -1.47. The SMILES string of the molecule is COC(=O)c1nc(Nc2ccc(Br)c(F)c2)sc1C. The maximum absolute atomic E-state index is 13.4. The largest absolute Gasteiger partial charge is 0.464 e. The van der Waals surface area contributed by atoms with Gasteiger partial charge in [-0.15, -0.1) is 11.3 Å². The second-order valence-corrected chi connectivity index (χ2v) is 5.73. The summed E-state index contributed by atoms with van der Waals surface area (Å²) in [7, 11) is 1.30. The predicted octanol–water partition coefficient (Wildman–Crippen LogP) is 3.88. The number of aromatic nitrogens is 1. The molecule has 100 valence electrons. The Labute approximate surface area is 121 Å². The van der Waals surface area contributed by atoms with Gasteiger partial charge in [0, 0.05) is 10.6 Å². The fourth-order valence-corrected chi connectivity index (χ4v) is 2.50. The molecule has 2 rings (SSSR count). The number of carbonyl (C=O) groups excluding carboxylic acids is 1. The molecule has 0 unspecified atom stereocenters. The Bertz CT molecular complexity index is 630. The molecule has 7 heteroatoms. The van der Waals surface area contributed by atoms with Crippen molar-refractivity contribution >= 4 is 44.1 Å².